The van der Waals surface area contributed by atoms with Crippen LogP contribution in [0.5, 0.6) is 5.75 Å². The molecule has 0 spiro atoms. The van der Waals surface area contributed by atoms with Crippen molar-refractivity contribution in [2.75, 3.05) is 34.8 Å². The minimum atomic E-state index is -0.352. The molecule has 0 bridgehead atoms. The largest absolute Gasteiger partial charge is 0.497 e. The monoisotopic (exact) mass is 541 g/mol. The van der Waals surface area contributed by atoms with E-state index in [9.17, 15) is 4.79 Å². The SMILES string of the molecule is CN=C(NCc1nc(-c2ccc(OC)cc2)n[nH]1)NCC1(C(=O)N(C)C)CCCC1.I. The molecule has 1 fully saturated rings. The van der Waals surface area contributed by atoms with Crippen LogP contribution in [0.4, 0.5) is 0 Å². The Bertz CT molecular complexity index is 874. The van der Waals surface area contributed by atoms with E-state index in [1.54, 1.807) is 19.1 Å². The van der Waals surface area contributed by atoms with Gasteiger partial charge in [0.15, 0.2) is 11.8 Å². The molecule has 3 rings (SSSR count). The lowest BCUT2D eigenvalue weighted by Gasteiger charge is -2.31. The highest BCUT2D eigenvalue weighted by Gasteiger charge is 2.42. The number of carbonyl (C=O) groups excluding carboxylic acids is 1. The van der Waals surface area contributed by atoms with Crippen LogP contribution in [0.2, 0.25) is 0 Å². The zero-order valence-electron chi connectivity index (χ0n) is 18.6. The van der Waals surface area contributed by atoms with Gasteiger partial charge in [-0.2, -0.15) is 5.10 Å². The molecule has 2 aromatic rings. The fourth-order valence-electron chi connectivity index (χ4n) is 3.88. The summed E-state index contributed by atoms with van der Waals surface area (Å²) in [4.78, 5) is 23.2. The molecule has 1 aliphatic carbocycles. The van der Waals surface area contributed by atoms with Crippen LogP contribution in [-0.2, 0) is 11.3 Å². The molecular formula is C21H32IN7O2. The van der Waals surface area contributed by atoms with Crippen molar-refractivity contribution in [2.24, 2.45) is 10.4 Å². The van der Waals surface area contributed by atoms with Crippen LogP contribution < -0.4 is 15.4 Å². The number of amides is 1. The standard InChI is InChI=1S/C21H31N7O2.HI/c1-22-20(24-14-21(11-5-6-12-21)19(29)28(2)3)23-13-17-25-18(27-26-17)15-7-9-16(30-4)10-8-15;/h7-10H,5-6,11-14H2,1-4H3,(H2,22,23,24)(H,25,26,27);1H. The predicted molar refractivity (Wildman–Crippen MR) is 132 cm³/mol. The first-order chi connectivity index (χ1) is 14.5. The number of H-pyrrole nitrogens is 1. The molecule has 10 heteroatoms. The van der Waals surface area contributed by atoms with Gasteiger partial charge >= 0.3 is 0 Å². The number of aliphatic imine (C=N–C) groups is 1. The highest BCUT2D eigenvalue weighted by Crippen LogP contribution is 2.38. The fourth-order valence-corrected chi connectivity index (χ4v) is 3.88. The first-order valence-electron chi connectivity index (χ1n) is 10.2. The van der Waals surface area contributed by atoms with Crippen molar-refractivity contribution in [3.05, 3.63) is 30.1 Å². The number of nitrogens with zero attached hydrogens (tertiary/aromatic N) is 4. The van der Waals surface area contributed by atoms with Gasteiger partial charge in [0, 0.05) is 33.3 Å². The minimum Gasteiger partial charge on any atom is -0.497 e. The van der Waals surface area contributed by atoms with Gasteiger partial charge in [-0.3, -0.25) is 14.9 Å². The summed E-state index contributed by atoms with van der Waals surface area (Å²) in [6, 6.07) is 7.59. The molecule has 0 radical (unpaired) electrons. The normalized spacial score (nSPS) is 15.2. The molecule has 1 amide bonds. The third-order valence-corrected chi connectivity index (χ3v) is 5.54. The van der Waals surface area contributed by atoms with Gasteiger partial charge in [-0.25, -0.2) is 4.98 Å². The van der Waals surface area contributed by atoms with Gasteiger partial charge < -0.3 is 20.3 Å². The van der Waals surface area contributed by atoms with Crippen molar-refractivity contribution < 1.29 is 9.53 Å². The summed E-state index contributed by atoms with van der Waals surface area (Å²) < 4.78 is 5.18. The molecule has 1 aliphatic rings. The lowest BCUT2D eigenvalue weighted by Crippen LogP contribution is -2.49. The Morgan fingerprint density at radius 2 is 1.90 bits per heavy atom. The molecule has 1 saturated carbocycles. The van der Waals surface area contributed by atoms with E-state index in [1.807, 2.05) is 38.4 Å². The number of ether oxygens (including phenoxy) is 1. The minimum absolute atomic E-state index is 0. The molecule has 0 atom stereocenters. The molecule has 170 valence electrons. The average Bonchev–Trinajstić information content (AvgIpc) is 3.44. The molecular weight excluding hydrogens is 509 g/mol. The smallest absolute Gasteiger partial charge is 0.230 e. The Labute approximate surface area is 200 Å². The molecule has 0 aliphatic heterocycles. The quantitative estimate of drug-likeness (QED) is 0.283. The summed E-state index contributed by atoms with van der Waals surface area (Å²) in [5.41, 5.74) is 0.556. The summed E-state index contributed by atoms with van der Waals surface area (Å²) in [7, 11) is 6.99. The maximum absolute atomic E-state index is 12.7. The van der Waals surface area contributed by atoms with E-state index in [0.29, 0.717) is 30.7 Å². The number of guanidine groups is 1. The number of benzene rings is 1. The van der Waals surface area contributed by atoms with E-state index < -0.39 is 0 Å². The average molecular weight is 541 g/mol. The number of halogens is 1. The van der Waals surface area contributed by atoms with Crippen molar-refractivity contribution in [1.29, 1.82) is 0 Å². The van der Waals surface area contributed by atoms with Crippen molar-refractivity contribution >= 4 is 35.8 Å². The van der Waals surface area contributed by atoms with E-state index in [1.165, 1.54) is 0 Å². The van der Waals surface area contributed by atoms with Crippen LogP contribution in [0.25, 0.3) is 11.4 Å². The van der Waals surface area contributed by atoms with Gasteiger partial charge in [0.05, 0.1) is 19.1 Å². The predicted octanol–water partition coefficient (Wildman–Crippen LogP) is 2.41. The van der Waals surface area contributed by atoms with Gasteiger partial charge in [-0.15, -0.1) is 24.0 Å². The van der Waals surface area contributed by atoms with E-state index in [2.05, 4.69) is 30.8 Å². The topological polar surface area (TPSA) is 108 Å². The highest BCUT2D eigenvalue weighted by molar-refractivity contribution is 14.0. The van der Waals surface area contributed by atoms with Gasteiger partial charge in [0.1, 0.15) is 11.6 Å². The zero-order valence-corrected chi connectivity index (χ0v) is 20.9. The number of aromatic nitrogens is 3. The van der Waals surface area contributed by atoms with Crippen LogP contribution in [0.1, 0.15) is 31.5 Å². The highest BCUT2D eigenvalue weighted by atomic mass is 127. The van der Waals surface area contributed by atoms with Gasteiger partial charge in [0.25, 0.3) is 0 Å². The molecule has 3 N–H and O–H groups in total. The molecule has 31 heavy (non-hydrogen) atoms. The number of nitrogens with one attached hydrogen (secondary N) is 3. The zero-order chi connectivity index (χ0) is 21.6. The van der Waals surface area contributed by atoms with E-state index in [0.717, 1.165) is 37.0 Å². The summed E-state index contributed by atoms with van der Waals surface area (Å²) in [5, 5.41) is 13.8. The second-order valence-electron chi connectivity index (χ2n) is 7.80. The summed E-state index contributed by atoms with van der Waals surface area (Å²) in [6.07, 6.45) is 3.97. The van der Waals surface area contributed by atoms with Gasteiger partial charge in [-0.1, -0.05) is 12.8 Å². The van der Waals surface area contributed by atoms with Crippen LogP contribution in [-0.4, -0.2) is 66.7 Å². The van der Waals surface area contributed by atoms with Crippen LogP contribution in [0.3, 0.4) is 0 Å². The first kappa shape index (κ1) is 24.9. The third kappa shape index (κ3) is 6.08. The molecule has 1 aromatic carbocycles. The number of rotatable bonds is 7. The summed E-state index contributed by atoms with van der Waals surface area (Å²) in [6.45, 7) is 1.01. The Morgan fingerprint density at radius 1 is 1.23 bits per heavy atom. The van der Waals surface area contributed by atoms with Crippen LogP contribution in [0.15, 0.2) is 29.3 Å². The van der Waals surface area contributed by atoms with E-state index in [-0.39, 0.29) is 35.3 Å². The summed E-state index contributed by atoms with van der Waals surface area (Å²) in [5.74, 6) is 2.93. The Hall–Kier alpha value is -2.37. The van der Waals surface area contributed by atoms with Crippen LogP contribution in [0, 0.1) is 5.41 Å². The molecule has 0 unspecified atom stereocenters. The van der Waals surface area contributed by atoms with Crippen LogP contribution >= 0.6 is 24.0 Å². The second-order valence-corrected chi connectivity index (χ2v) is 7.80. The summed E-state index contributed by atoms with van der Waals surface area (Å²) >= 11 is 0. The number of carbonyl (C=O) groups is 1. The van der Waals surface area contributed by atoms with Gasteiger partial charge in [0.2, 0.25) is 5.91 Å². The third-order valence-electron chi connectivity index (χ3n) is 5.54. The number of methoxy groups -OCH3 is 1. The Kier molecular flexibility index (Phi) is 9.08. The number of aromatic amines is 1. The fraction of sp³-hybridized carbons (Fsp3) is 0.524. The van der Waals surface area contributed by atoms with Crippen molar-refractivity contribution in [3.8, 4) is 17.1 Å². The number of hydrogen-bond donors (Lipinski definition) is 3. The molecule has 0 saturated heterocycles. The molecule has 9 nitrogen and oxygen atoms in total. The maximum Gasteiger partial charge on any atom is 0.230 e. The van der Waals surface area contributed by atoms with Gasteiger partial charge in [-0.05, 0) is 37.1 Å². The van der Waals surface area contributed by atoms with Crippen molar-refractivity contribution in [3.63, 3.8) is 0 Å². The van der Waals surface area contributed by atoms with Crippen molar-refractivity contribution in [2.45, 2.75) is 32.2 Å². The Balaban J connectivity index is 0.00000341. The molecule has 1 aromatic heterocycles. The lowest BCUT2D eigenvalue weighted by atomic mass is 9.84. The number of hydrogen-bond acceptors (Lipinski definition) is 5. The maximum atomic E-state index is 12.7. The second kappa shape index (κ2) is 11.3. The van der Waals surface area contributed by atoms with Crippen molar-refractivity contribution in [1.82, 2.24) is 30.7 Å². The van der Waals surface area contributed by atoms with E-state index in [4.69, 9.17) is 4.74 Å². The molecule has 1 heterocycles. The van der Waals surface area contributed by atoms with E-state index >= 15 is 0 Å². The lowest BCUT2D eigenvalue weighted by molar-refractivity contribution is -0.138. The Morgan fingerprint density at radius 3 is 2.48 bits per heavy atom. The first-order valence-corrected chi connectivity index (χ1v) is 10.2.